The van der Waals surface area contributed by atoms with Gasteiger partial charge in [-0.1, -0.05) is 12.1 Å². The number of nitrogens with one attached hydrogen (secondary N) is 1. The van der Waals surface area contributed by atoms with Crippen LogP contribution in [0.5, 0.6) is 0 Å². The Hall–Kier alpha value is -0.550. The number of hydrogen-bond acceptors (Lipinski definition) is 4. The molecular weight excluding hydrogens is 210 g/mol. The van der Waals surface area contributed by atoms with Gasteiger partial charge in [0.25, 0.3) is 0 Å². The monoisotopic (exact) mass is 225 g/mol. The maximum Gasteiger partial charge on any atom is 0.0798 e. The van der Waals surface area contributed by atoms with Crippen LogP contribution in [-0.2, 0) is 6.61 Å². The number of thioether (sulfide) groups is 1. The molecule has 2 atom stereocenters. The highest BCUT2D eigenvalue weighted by Gasteiger charge is 2.25. The van der Waals surface area contributed by atoms with E-state index in [1.54, 1.807) is 11.8 Å². The molecule has 1 aliphatic heterocycles. The summed E-state index contributed by atoms with van der Waals surface area (Å²) in [6.45, 7) is 1.62. The molecule has 0 spiro atoms. The number of aliphatic hydroxyl groups is 2. The van der Waals surface area contributed by atoms with Gasteiger partial charge >= 0.3 is 0 Å². The average Bonchev–Trinajstić information content (AvgIpc) is 2.66. The van der Waals surface area contributed by atoms with Crippen molar-refractivity contribution in [1.29, 1.82) is 0 Å². The third-order valence-electron chi connectivity index (χ3n) is 2.52. The van der Waals surface area contributed by atoms with E-state index in [-0.39, 0.29) is 18.0 Å². The number of hydrogen-bond donors (Lipinski definition) is 3. The highest BCUT2D eigenvalue weighted by molar-refractivity contribution is 8.00. The standard InChI is InChI=1S/C11H15NO2S/c13-7-8-1-3-9(4-2-8)15-11-6-12-5-10(11)14/h1-4,10-14H,5-7H2. The zero-order valence-corrected chi connectivity index (χ0v) is 9.20. The summed E-state index contributed by atoms with van der Waals surface area (Å²) in [5, 5.41) is 21.9. The molecule has 1 heterocycles. The van der Waals surface area contributed by atoms with E-state index in [1.807, 2.05) is 24.3 Å². The van der Waals surface area contributed by atoms with Crippen LogP contribution in [0.3, 0.4) is 0 Å². The van der Waals surface area contributed by atoms with Crippen LogP contribution in [0.15, 0.2) is 29.2 Å². The van der Waals surface area contributed by atoms with Crippen LogP contribution in [0.2, 0.25) is 0 Å². The number of β-amino-alcohol motifs (C(OH)–C–C–N with tert-alkyl or cyclic N) is 1. The van der Waals surface area contributed by atoms with Gasteiger partial charge < -0.3 is 15.5 Å². The van der Waals surface area contributed by atoms with E-state index >= 15 is 0 Å². The average molecular weight is 225 g/mol. The van der Waals surface area contributed by atoms with Crippen LogP contribution in [0.1, 0.15) is 5.56 Å². The molecule has 1 saturated heterocycles. The lowest BCUT2D eigenvalue weighted by Gasteiger charge is -2.12. The molecule has 0 aliphatic carbocycles. The zero-order chi connectivity index (χ0) is 10.7. The molecule has 0 saturated carbocycles. The van der Waals surface area contributed by atoms with Gasteiger partial charge in [-0.2, -0.15) is 0 Å². The molecule has 1 aromatic carbocycles. The molecule has 1 aromatic rings. The molecule has 2 unspecified atom stereocenters. The zero-order valence-electron chi connectivity index (χ0n) is 8.39. The Morgan fingerprint density at radius 1 is 1.27 bits per heavy atom. The first-order chi connectivity index (χ1) is 7.29. The molecule has 0 aromatic heterocycles. The fourth-order valence-electron chi connectivity index (χ4n) is 1.61. The highest BCUT2D eigenvalue weighted by atomic mass is 32.2. The van der Waals surface area contributed by atoms with Crippen molar-refractivity contribution in [2.24, 2.45) is 0 Å². The lowest BCUT2D eigenvalue weighted by molar-refractivity contribution is 0.201. The minimum Gasteiger partial charge on any atom is -0.392 e. The quantitative estimate of drug-likeness (QED) is 0.705. The van der Waals surface area contributed by atoms with E-state index in [2.05, 4.69) is 5.32 Å². The molecule has 0 bridgehead atoms. The van der Waals surface area contributed by atoms with Gasteiger partial charge in [-0.05, 0) is 17.7 Å². The molecule has 2 rings (SSSR count). The van der Waals surface area contributed by atoms with Crippen molar-refractivity contribution < 1.29 is 10.2 Å². The van der Waals surface area contributed by atoms with Gasteiger partial charge in [-0.25, -0.2) is 0 Å². The minimum absolute atomic E-state index is 0.0819. The molecule has 1 fully saturated rings. The predicted molar refractivity (Wildman–Crippen MR) is 60.9 cm³/mol. The van der Waals surface area contributed by atoms with Crippen LogP contribution in [-0.4, -0.2) is 34.7 Å². The van der Waals surface area contributed by atoms with E-state index in [0.717, 1.165) is 17.0 Å². The second-order valence-corrected chi connectivity index (χ2v) is 5.00. The van der Waals surface area contributed by atoms with Crippen molar-refractivity contribution in [3.63, 3.8) is 0 Å². The van der Waals surface area contributed by atoms with Crippen LogP contribution in [0.4, 0.5) is 0 Å². The molecule has 3 nitrogen and oxygen atoms in total. The fraction of sp³-hybridized carbons (Fsp3) is 0.455. The largest absolute Gasteiger partial charge is 0.392 e. The molecule has 15 heavy (non-hydrogen) atoms. The third kappa shape index (κ3) is 2.72. The number of aliphatic hydroxyl groups excluding tert-OH is 2. The minimum atomic E-state index is -0.257. The maximum absolute atomic E-state index is 9.63. The fourth-order valence-corrected chi connectivity index (χ4v) is 2.71. The lowest BCUT2D eigenvalue weighted by Crippen LogP contribution is -2.19. The van der Waals surface area contributed by atoms with Crippen molar-refractivity contribution in [3.05, 3.63) is 29.8 Å². The SMILES string of the molecule is OCc1ccc(SC2CNCC2O)cc1. The van der Waals surface area contributed by atoms with Crippen molar-refractivity contribution in [2.45, 2.75) is 22.9 Å². The molecule has 1 aliphatic rings. The summed E-state index contributed by atoms with van der Waals surface area (Å²) in [5.41, 5.74) is 0.921. The molecule has 82 valence electrons. The Kier molecular flexibility index (Phi) is 3.64. The van der Waals surface area contributed by atoms with E-state index in [9.17, 15) is 5.11 Å². The van der Waals surface area contributed by atoms with Crippen molar-refractivity contribution in [2.75, 3.05) is 13.1 Å². The molecule has 3 N–H and O–H groups in total. The van der Waals surface area contributed by atoms with Crippen LogP contribution in [0, 0.1) is 0 Å². The maximum atomic E-state index is 9.63. The summed E-state index contributed by atoms with van der Waals surface area (Å²) in [5.74, 6) is 0. The summed E-state index contributed by atoms with van der Waals surface area (Å²) in [4.78, 5) is 1.14. The topological polar surface area (TPSA) is 52.5 Å². The van der Waals surface area contributed by atoms with E-state index in [1.165, 1.54) is 0 Å². The summed E-state index contributed by atoms with van der Waals surface area (Å²) in [7, 11) is 0. The lowest BCUT2D eigenvalue weighted by atomic mass is 10.2. The van der Waals surface area contributed by atoms with Crippen LogP contribution in [0.25, 0.3) is 0 Å². The Balaban J connectivity index is 1.98. The van der Waals surface area contributed by atoms with E-state index in [0.29, 0.717) is 6.54 Å². The normalized spacial score (nSPS) is 25.7. The molecule has 0 amide bonds. The molecule has 0 radical (unpaired) electrons. The summed E-state index contributed by atoms with van der Waals surface area (Å²) in [6, 6.07) is 7.80. The van der Waals surface area contributed by atoms with Crippen molar-refractivity contribution in [1.82, 2.24) is 5.32 Å². The van der Waals surface area contributed by atoms with Gasteiger partial charge in [0.1, 0.15) is 0 Å². The van der Waals surface area contributed by atoms with Crippen LogP contribution >= 0.6 is 11.8 Å². The van der Waals surface area contributed by atoms with Gasteiger partial charge in [0, 0.05) is 23.2 Å². The number of rotatable bonds is 3. The van der Waals surface area contributed by atoms with E-state index < -0.39 is 0 Å². The first-order valence-corrected chi connectivity index (χ1v) is 5.93. The summed E-state index contributed by atoms with van der Waals surface area (Å²) < 4.78 is 0. The Morgan fingerprint density at radius 2 is 2.00 bits per heavy atom. The first-order valence-electron chi connectivity index (χ1n) is 5.05. The Labute approximate surface area is 93.5 Å². The Bertz CT molecular complexity index is 315. The smallest absolute Gasteiger partial charge is 0.0798 e. The highest BCUT2D eigenvalue weighted by Crippen LogP contribution is 2.27. The van der Waals surface area contributed by atoms with Crippen molar-refractivity contribution in [3.8, 4) is 0 Å². The second-order valence-electron chi connectivity index (χ2n) is 3.68. The van der Waals surface area contributed by atoms with Crippen LogP contribution < -0.4 is 5.32 Å². The predicted octanol–water partition coefficient (Wildman–Crippen LogP) is 0.604. The summed E-state index contributed by atoms with van der Waals surface area (Å²) in [6.07, 6.45) is -0.257. The number of benzene rings is 1. The van der Waals surface area contributed by atoms with Gasteiger partial charge in [-0.15, -0.1) is 11.8 Å². The molecule has 4 heteroatoms. The van der Waals surface area contributed by atoms with Gasteiger partial charge in [0.15, 0.2) is 0 Å². The van der Waals surface area contributed by atoms with Gasteiger partial charge in [0.05, 0.1) is 12.7 Å². The Morgan fingerprint density at radius 3 is 2.53 bits per heavy atom. The molecular formula is C11H15NO2S. The second kappa shape index (κ2) is 4.99. The summed E-state index contributed by atoms with van der Waals surface area (Å²) >= 11 is 1.68. The van der Waals surface area contributed by atoms with Gasteiger partial charge in [0.2, 0.25) is 0 Å². The third-order valence-corrected chi connectivity index (χ3v) is 3.85. The van der Waals surface area contributed by atoms with Crippen molar-refractivity contribution >= 4 is 11.8 Å². The van der Waals surface area contributed by atoms with Gasteiger partial charge in [-0.3, -0.25) is 0 Å². The van der Waals surface area contributed by atoms with E-state index in [4.69, 9.17) is 5.11 Å². The first kappa shape index (κ1) is 11.0.